The predicted octanol–water partition coefficient (Wildman–Crippen LogP) is 6.81. The number of ether oxygens (including phenoxy) is 5. The molecule has 0 spiro atoms. The molecule has 0 atom stereocenters. The molecule has 0 radical (unpaired) electrons. The third-order valence-corrected chi connectivity index (χ3v) is 6.98. The molecular formula is C35H32F2N4O6. The van der Waals surface area contributed by atoms with Gasteiger partial charge in [-0.2, -0.15) is 19.0 Å². The van der Waals surface area contributed by atoms with E-state index >= 15 is 8.78 Å². The number of carbonyl (C=O) groups excluding carboxylic acids is 1. The third kappa shape index (κ3) is 7.58. The van der Waals surface area contributed by atoms with Crippen LogP contribution in [0.1, 0.15) is 37.5 Å². The van der Waals surface area contributed by atoms with Gasteiger partial charge in [0, 0.05) is 25.2 Å². The number of esters is 1. The highest BCUT2D eigenvalue weighted by Gasteiger charge is 2.36. The van der Waals surface area contributed by atoms with Crippen molar-refractivity contribution in [2.24, 2.45) is 4.99 Å². The summed E-state index contributed by atoms with van der Waals surface area (Å²) in [6, 6.07) is 22.3. The molecule has 10 nitrogen and oxygen atoms in total. The summed E-state index contributed by atoms with van der Waals surface area (Å²) in [4.78, 5) is 23.1. The Kier molecular flexibility index (Phi) is 9.85. The van der Waals surface area contributed by atoms with Crippen LogP contribution in [-0.4, -0.2) is 54.0 Å². The molecule has 2 heterocycles. The van der Waals surface area contributed by atoms with E-state index in [4.69, 9.17) is 23.7 Å². The number of carbonyl (C=O) groups is 1. The summed E-state index contributed by atoms with van der Waals surface area (Å²) < 4.78 is 60.4. The van der Waals surface area contributed by atoms with Gasteiger partial charge in [-0.25, -0.2) is 4.79 Å². The second-order valence-electron chi connectivity index (χ2n) is 10.9. The number of halogens is 2. The maximum absolute atomic E-state index is 16.1. The first-order valence-corrected chi connectivity index (χ1v) is 14.8. The van der Waals surface area contributed by atoms with Gasteiger partial charge in [0.05, 0.1) is 24.8 Å². The van der Waals surface area contributed by atoms with E-state index in [0.717, 1.165) is 23.5 Å². The van der Waals surface area contributed by atoms with E-state index in [-0.39, 0.29) is 36.0 Å². The van der Waals surface area contributed by atoms with Crippen molar-refractivity contribution >= 4 is 11.8 Å². The van der Waals surface area contributed by atoms with Crippen LogP contribution in [0.3, 0.4) is 0 Å². The van der Waals surface area contributed by atoms with E-state index in [0.29, 0.717) is 6.54 Å². The second-order valence-corrected chi connectivity index (χ2v) is 10.9. The van der Waals surface area contributed by atoms with Crippen LogP contribution >= 0.6 is 0 Å². The number of nitriles is 1. The molecule has 0 saturated heterocycles. The molecular weight excluding hydrogens is 610 g/mol. The molecule has 0 aliphatic carbocycles. The fourth-order valence-corrected chi connectivity index (χ4v) is 4.58. The first-order chi connectivity index (χ1) is 22.6. The summed E-state index contributed by atoms with van der Waals surface area (Å²) in [6.45, 7) is 5.74. The SMILES string of the molecule is CCOC(=O)C(C)(C)Oc1c(F)c(Oc2cccc(C3=NCCN3C)c2)nc(Oc2cc(C#N)ccc2OCc2ccccc2)c1F. The molecule has 4 aromatic rings. The summed E-state index contributed by atoms with van der Waals surface area (Å²) in [5.74, 6) is -5.00. The molecule has 0 bridgehead atoms. The highest BCUT2D eigenvalue weighted by Crippen LogP contribution is 2.41. The van der Waals surface area contributed by atoms with Gasteiger partial charge in [0.2, 0.25) is 17.4 Å². The number of aliphatic imine (C=N–C) groups is 1. The van der Waals surface area contributed by atoms with Crippen LogP contribution in [0.2, 0.25) is 0 Å². The van der Waals surface area contributed by atoms with Crippen LogP contribution in [0.5, 0.6) is 34.8 Å². The van der Waals surface area contributed by atoms with Crippen LogP contribution in [0, 0.1) is 23.0 Å². The molecule has 0 unspecified atom stereocenters. The highest BCUT2D eigenvalue weighted by atomic mass is 19.1. The third-order valence-electron chi connectivity index (χ3n) is 6.98. The highest BCUT2D eigenvalue weighted by molar-refractivity contribution is 5.99. The largest absolute Gasteiger partial charge is 0.485 e. The van der Waals surface area contributed by atoms with E-state index in [2.05, 4.69) is 9.98 Å². The van der Waals surface area contributed by atoms with E-state index < -0.39 is 40.7 Å². The van der Waals surface area contributed by atoms with Crippen LogP contribution < -0.4 is 18.9 Å². The first-order valence-electron chi connectivity index (χ1n) is 14.8. The minimum atomic E-state index is -1.82. The maximum Gasteiger partial charge on any atom is 0.349 e. The Morgan fingerprint density at radius 3 is 2.40 bits per heavy atom. The molecule has 1 aliphatic rings. The van der Waals surface area contributed by atoms with Crippen molar-refractivity contribution < 1.29 is 37.3 Å². The Morgan fingerprint density at radius 1 is 0.979 bits per heavy atom. The van der Waals surface area contributed by atoms with Gasteiger partial charge in [-0.3, -0.25) is 4.99 Å². The normalized spacial score (nSPS) is 12.6. The van der Waals surface area contributed by atoms with E-state index in [1.807, 2.05) is 54.4 Å². The number of aromatic nitrogens is 1. The lowest BCUT2D eigenvalue weighted by Gasteiger charge is -2.25. The molecule has 0 amide bonds. The number of rotatable bonds is 12. The first kappa shape index (κ1) is 32.7. The Bertz CT molecular complexity index is 1840. The number of amidine groups is 1. The minimum absolute atomic E-state index is 0.0213. The average Bonchev–Trinajstić information content (AvgIpc) is 3.51. The Labute approximate surface area is 270 Å². The van der Waals surface area contributed by atoms with Gasteiger partial charge in [-0.05, 0) is 50.6 Å². The van der Waals surface area contributed by atoms with Crippen molar-refractivity contribution in [1.82, 2.24) is 9.88 Å². The van der Waals surface area contributed by atoms with Gasteiger partial charge in [0.1, 0.15) is 18.2 Å². The number of likely N-dealkylation sites (N-methyl/N-ethyl adjacent to an activating group) is 1. The zero-order valence-corrected chi connectivity index (χ0v) is 26.3. The number of benzene rings is 3. The summed E-state index contributed by atoms with van der Waals surface area (Å²) in [6.07, 6.45) is 0. The van der Waals surface area contributed by atoms with Crippen LogP contribution in [0.15, 0.2) is 77.8 Å². The van der Waals surface area contributed by atoms with Crippen LogP contribution in [-0.2, 0) is 16.1 Å². The van der Waals surface area contributed by atoms with Gasteiger partial charge in [0.15, 0.2) is 17.1 Å². The van der Waals surface area contributed by atoms with Crippen molar-refractivity contribution in [3.8, 4) is 40.8 Å². The van der Waals surface area contributed by atoms with Crippen molar-refractivity contribution in [2.75, 3.05) is 26.7 Å². The molecule has 5 rings (SSSR count). The number of hydrogen-bond acceptors (Lipinski definition) is 10. The lowest BCUT2D eigenvalue weighted by molar-refractivity contribution is -0.159. The Morgan fingerprint density at radius 2 is 1.72 bits per heavy atom. The monoisotopic (exact) mass is 642 g/mol. The Balaban J connectivity index is 1.55. The van der Waals surface area contributed by atoms with Crippen molar-refractivity contribution in [2.45, 2.75) is 33.0 Å². The summed E-state index contributed by atoms with van der Waals surface area (Å²) in [5, 5.41) is 9.53. The van der Waals surface area contributed by atoms with Gasteiger partial charge in [-0.1, -0.05) is 42.5 Å². The van der Waals surface area contributed by atoms with Gasteiger partial charge < -0.3 is 28.6 Å². The van der Waals surface area contributed by atoms with Gasteiger partial charge in [-0.15, -0.1) is 0 Å². The number of pyridine rings is 1. The standard InChI is InChI=1S/C35H32F2N4O6/c1-5-43-34(42)35(2,3)47-30-28(36)32(45-25-13-9-12-24(19-25)31-39-16-17-41(31)4)40-33(29(30)37)46-27-18-23(20-38)14-15-26(27)44-21-22-10-7-6-8-11-22/h6-15,18-19H,5,16-17,21H2,1-4H3. The maximum atomic E-state index is 16.1. The lowest BCUT2D eigenvalue weighted by Crippen LogP contribution is -2.40. The van der Waals surface area contributed by atoms with Crippen molar-refractivity contribution in [3.05, 3.63) is 101 Å². The molecule has 1 aliphatic heterocycles. The van der Waals surface area contributed by atoms with Gasteiger partial charge in [0.25, 0.3) is 11.8 Å². The average molecular weight is 643 g/mol. The molecule has 47 heavy (non-hydrogen) atoms. The lowest BCUT2D eigenvalue weighted by atomic mass is 10.1. The van der Waals surface area contributed by atoms with Crippen LogP contribution in [0.25, 0.3) is 0 Å². The topological polar surface area (TPSA) is 116 Å². The molecule has 242 valence electrons. The minimum Gasteiger partial charge on any atom is -0.485 e. The van der Waals surface area contributed by atoms with E-state index in [1.54, 1.807) is 25.1 Å². The summed E-state index contributed by atoms with van der Waals surface area (Å²) in [7, 11) is 1.90. The van der Waals surface area contributed by atoms with Gasteiger partial charge >= 0.3 is 5.97 Å². The molecule has 1 aromatic heterocycles. The number of nitrogens with zero attached hydrogens (tertiary/aromatic N) is 4. The predicted molar refractivity (Wildman–Crippen MR) is 168 cm³/mol. The summed E-state index contributed by atoms with van der Waals surface area (Å²) in [5.41, 5.74) is -0.0698. The second kappa shape index (κ2) is 14.2. The Hall–Kier alpha value is -5.70. The fraction of sp³-hybridized carbons (Fsp3) is 0.257. The number of hydrogen-bond donors (Lipinski definition) is 0. The smallest absolute Gasteiger partial charge is 0.349 e. The fourth-order valence-electron chi connectivity index (χ4n) is 4.58. The zero-order valence-electron chi connectivity index (χ0n) is 26.3. The van der Waals surface area contributed by atoms with Crippen molar-refractivity contribution in [1.29, 1.82) is 5.26 Å². The molecule has 12 heteroatoms. The molecule has 3 aromatic carbocycles. The molecule has 0 N–H and O–H groups in total. The van der Waals surface area contributed by atoms with Crippen LogP contribution in [0.4, 0.5) is 8.78 Å². The van der Waals surface area contributed by atoms with E-state index in [9.17, 15) is 10.1 Å². The molecule has 0 saturated carbocycles. The molecule has 0 fully saturated rings. The van der Waals surface area contributed by atoms with E-state index in [1.165, 1.54) is 32.0 Å². The summed E-state index contributed by atoms with van der Waals surface area (Å²) >= 11 is 0. The quantitative estimate of drug-likeness (QED) is 0.154. The zero-order chi connectivity index (χ0) is 33.6. The van der Waals surface area contributed by atoms with Crippen molar-refractivity contribution in [3.63, 3.8) is 0 Å².